The summed E-state index contributed by atoms with van der Waals surface area (Å²) in [5.41, 5.74) is 1.12. The van der Waals surface area contributed by atoms with Crippen molar-refractivity contribution in [2.75, 3.05) is 10.6 Å². The topological polar surface area (TPSA) is 58.2 Å². The number of rotatable bonds is 2. The van der Waals surface area contributed by atoms with E-state index in [0.717, 1.165) is 8.95 Å². The summed E-state index contributed by atoms with van der Waals surface area (Å²) >= 11 is 6.59. The fourth-order valence-electron chi connectivity index (χ4n) is 1.44. The number of hydrogen-bond acceptors (Lipinski definition) is 2. The van der Waals surface area contributed by atoms with E-state index in [1.54, 1.807) is 48.5 Å². The van der Waals surface area contributed by atoms with Crippen molar-refractivity contribution in [1.29, 1.82) is 0 Å². The molecule has 2 aromatic rings. The van der Waals surface area contributed by atoms with Crippen LogP contribution in [0.5, 0.6) is 0 Å². The summed E-state index contributed by atoms with van der Waals surface area (Å²) in [5.74, 6) is -1.43. The first kappa shape index (κ1) is 14.7. The number of hydrogen-bond donors (Lipinski definition) is 2. The molecule has 0 spiro atoms. The van der Waals surface area contributed by atoms with Crippen LogP contribution in [0.1, 0.15) is 0 Å². The van der Waals surface area contributed by atoms with E-state index >= 15 is 0 Å². The number of halogens is 2. The molecule has 102 valence electrons. The zero-order valence-corrected chi connectivity index (χ0v) is 13.4. The third-order valence-corrected chi connectivity index (χ3v) is 3.47. The summed E-state index contributed by atoms with van der Waals surface area (Å²) in [5, 5.41) is 5.04. The maximum Gasteiger partial charge on any atom is 0.314 e. The molecule has 2 rings (SSSR count). The van der Waals surface area contributed by atoms with Gasteiger partial charge in [-0.15, -0.1) is 0 Å². The first-order chi connectivity index (χ1) is 9.54. The van der Waals surface area contributed by atoms with Gasteiger partial charge < -0.3 is 10.6 Å². The van der Waals surface area contributed by atoms with E-state index in [0.29, 0.717) is 11.4 Å². The molecule has 6 heteroatoms. The molecule has 0 radical (unpaired) electrons. The van der Waals surface area contributed by atoms with Crippen LogP contribution in [0.3, 0.4) is 0 Å². The van der Waals surface area contributed by atoms with E-state index in [1.807, 2.05) is 0 Å². The third-order valence-electron chi connectivity index (χ3n) is 2.41. The van der Waals surface area contributed by atoms with Crippen LogP contribution in [0.15, 0.2) is 57.5 Å². The number of carbonyl (C=O) groups is 2. The molecule has 20 heavy (non-hydrogen) atoms. The highest BCUT2D eigenvalue weighted by Crippen LogP contribution is 2.15. The molecule has 0 bridgehead atoms. The number of nitrogens with one attached hydrogen (secondary N) is 2. The van der Waals surface area contributed by atoms with Crippen molar-refractivity contribution in [3.8, 4) is 0 Å². The van der Waals surface area contributed by atoms with Gasteiger partial charge in [-0.3, -0.25) is 9.59 Å². The third kappa shape index (κ3) is 4.18. The van der Waals surface area contributed by atoms with Crippen LogP contribution < -0.4 is 10.6 Å². The Kier molecular flexibility index (Phi) is 4.92. The van der Waals surface area contributed by atoms with E-state index in [4.69, 9.17) is 0 Å². The van der Waals surface area contributed by atoms with Gasteiger partial charge in [0.2, 0.25) is 0 Å². The smallest absolute Gasteiger partial charge is 0.314 e. The van der Waals surface area contributed by atoms with Crippen LogP contribution in [0, 0.1) is 0 Å². The van der Waals surface area contributed by atoms with Crippen molar-refractivity contribution in [2.45, 2.75) is 0 Å². The standard InChI is InChI=1S/C14H10Br2N2O2/c15-9-1-5-11(6-2-9)17-13(19)14(20)18-12-7-3-10(16)4-8-12/h1-8H,(H,17,19)(H,18,20). The molecule has 4 nitrogen and oxygen atoms in total. The molecule has 0 atom stereocenters. The maximum atomic E-state index is 11.7. The van der Waals surface area contributed by atoms with E-state index in [9.17, 15) is 9.59 Å². The lowest BCUT2D eigenvalue weighted by Gasteiger charge is -2.06. The van der Waals surface area contributed by atoms with Gasteiger partial charge in [0.05, 0.1) is 0 Å². The molecule has 2 aromatic carbocycles. The Morgan fingerprint density at radius 2 is 0.950 bits per heavy atom. The summed E-state index contributed by atoms with van der Waals surface area (Å²) in [6.07, 6.45) is 0. The van der Waals surface area contributed by atoms with Crippen LogP contribution in [-0.4, -0.2) is 11.8 Å². The Hall–Kier alpha value is -1.66. The zero-order chi connectivity index (χ0) is 14.5. The second kappa shape index (κ2) is 6.67. The minimum Gasteiger partial charge on any atom is -0.318 e. The molecule has 0 saturated heterocycles. The van der Waals surface area contributed by atoms with Gasteiger partial charge in [0.25, 0.3) is 0 Å². The highest BCUT2D eigenvalue weighted by molar-refractivity contribution is 9.10. The van der Waals surface area contributed by atoms with Crippen LogP contribution in [0.2, 0.25) is 0 Å². The lowest BCUT2D eigenvalue weighted by molar-refractivity contribution is -0.132. The number of carbonyl (C=O) groups excluding carboxylic acids is 2. The molecule has 0 fully saturated rings. The summed E-state index contributed by atoms with van der Waals surface area (Å²) in [6.45, 7) is 0. The molecule has 0 saturated carbocycles. The Balaban J connectivity index is 1.96. The van der Waals surface area contributed by atoms with Crippen molar-refractivity contribution in [3.63, 3.8) is 0 Å². The van der Waals surface area contributed by atoms with Crippen molar-refractivity contribution < 1.29 is 9.59 Å². The number of anilines is 2. The van der Waals surface area contributed by atoms with E-state index in [2.05, 4.69) is 42.5 Å². The van der Waals surface area contributed by atoms with Gasteiger partial charge in [-0.1, -0.05) is 31.9 Å². The Labute approximate surface area is 132 Å². The van der Waals surface area contributed by atoms with Crippen LogP contribution in [0.4, 0.5) is 11.4 Å². The van der Waals surface area contributed by atoms with E-state index in [1.165, 1.54) is 0 Å². The molecule has 2 N–H and O–H groups in total. The van der Waals surface area contributed by atoms with Gasteiger partial charge in [0.15, 0.2) is 0 Å². The fourth-order valence-corrected chi connectivity index (χ4v) is 1.97. The van der Waals surface area contributed by atoms with E-state index < -0.39 is 11.8 Å². The van der Waals surface area contributed by atoms with Crippen molar-refractivity contribution in [3.05, 3.63) is 57.5 Å². The molecule has 0 aliphatic carbocycles. The van der Waals surface area contributed by atoms with Gasteiger partial charge >= 0.3 is 11.8 Å². The molecule has 0 aliphatic heterocycles. The van der Waals surface area contributed by atoms with Gasteiger partial charge in [-0.05, 0) is 48.5 Å². The first-order valence-corrected chi connectivity index (χ1v) is 7.26. The highest BCUT2D eigenvalue weighted by Gasteiger charge is 2.13. The largest absolute Gasteiger partial charge is 0.318 e. The average Bonchev–Trinajstić information content (AvgIpc) is 2.44. The van der Waals surface area contributed by atoms with E-state index in [-0.39, 0.29) is 0 Å². The zero-order valence-electron chi connectivity index (χ0n) is 10.2. The highest BCUT2D eigenvalue weighted by atomic mass is 79.9. The van der Waals surface area contributed by atoms with Crippen LogP contribution in [-0.2, 0) is 9.59 Å². The maximum absolute atomic E-state index is 11.7. The lowest BCUT2D eigenvalue weighted by Crippen LogP contribution is -2.29. The second-order valence-corrected chi connectivity index (χ2v) is 5.75. The summed E-state index contributed by atoms with van der Waals surface area (Å²) in [4.78, 5) is 23.4. The van der Waals surface area contributed by atoms with Crippen LogP contribution in [0.25, 0.3) is 0 Å². The lowest BCUT2D eigenvalue weighted by atomic mass is 10.3. The second-order valence-electron chi connectivity index (χ2n) is 3.92. The van der Waals surface area contributed by atoms with Crippen LogP contribution >= 0.6 is 31.9 Å². The molecular weight excluding hydrogens is 388 g/mol. The normalized spacial score (nSPS) is 9.90. The fraction of sp³-hybridized carbons (Fsp3) is 0. The molecular formula is C14H10Br2N2O2. The predicted molar refractivity (Wildman–Crippen MR) is 85.5 cm³/mol. The molecule has 0 heterocycles. The minimum atomic E-state index is -0.713. The predicted octanol–water partition coefficient (Wildman–Crippen LogP) is 3.79. The van der Waals surface area contributed by atoms with Crippen molar-refractivity contribution >= 4 is 55.0 Å². The molecule has 0 unspecified atom stereocenters. The van der Waals surface area contributed by atoms with Gasteiger partial charge in [0, 0.05) is 20.3 Å². The van der Waals surface area contributed by atoms with Gasteiger partial charge in [0.1, 0.15) is 0 Å². The minimum absolute atomic E-state index is 0.559. The van der Waals surface area contributed by atoms with Gasteiger partial charge in [-0.2, -0.15) is 0 Å². The van der Waals surface area contributed by atoms with Crippen molar-refractivity contribution in [1.82, 2.24) is 0 Å². The van der Waals surface area contributed by atoms with Gasteiger partial charge in [-0.25, -0.2) is 0 Å². The Bertz CT molecular complexity index is 567. The Morgan fingerprint density at radius 3 is 1.25 bits per heavy atom. The quantitative estimate of drug-likeness (QED) is 0.757. The SMILES string of the molecule is O=C(Nc1ccc(Br)cc1)C(=O)Nc1ccc(Br)cc1. The molecule has 0 aliphatic rings. The number of benzene rings is 2. The summed E-state index contributed by atoms with van der Waals surface area (Å²) in [7, 11) is 0. The van der Waals surface area contributed by atoms with Crippen molar-refractivity contribution in [2.24, 2.45) is 0 Å². The monoisotopic (exact) mass is 396 g/mol. The first-order valence-electron chi connectivity index (χ1n) is 5.68. The average molecular weight is 398 g/mol. The Morgan fingerprint density at radius 1 is 0.650 bits per heavy atom. The molecule has 2 amide bonds. The number of amides is 2. The summed E-state index contributed by atoms with van der Waals surface area (Å²) in [6, 6.07) is 13.9. The molecule has 0 aromatic heterocycles. The summed E-state index contributed by atoms with van der Waals surface area (Å²) < 4.78 is 1.80.